The summed E-state index contributed by atoms with van der Waals surface area (Å²) in [5.74, 6) is -0.737. The second kappa shape index (κ2) is 11.4. The van der Waals surface area contributed by atoms with E-state index in [1.165, 1.54) is 34.6 Å². The fourth-order valence-electron chi connectivity index (χ4n) is 3.53. The molecule has 178 valence electrons. The molecule has 0 unspecified atom stereocenters. The molecule has 0 fully saturated rings. The van der Waals surface area contributed by atoms with Gasteiger partial charge < -0.3 is 5.32 Å². The van der Waals surface area contributed by atoms with Crippen LogP contribution in [0.25, 0.3) is 0 Å². The molecule has 8 heteroatoms. The number of ketones is 1. The zero-order chi connectivity index (χ0) is 24.7. The molecule has 0 atom stereocenters. The van der Waals surface area contributed by atoms with Gasteiger partial charge in [0.25, 0.3) is 5.91 Å². The summed E-state index contributed by atoms with van der Waals surface area (Å²) in [7, 11) is -3.64. The van der Waals surface area contributed by atoms with Gasteiger partial charge in [0.05, 0.1) is 10.6 Å². The molecule has 0 aromatic heterocycles. The van der Waals surface area contributed by atoms with Gasteiger partial charge in [-0.2, -0.15) is 4.31 Å². The van der Waals surface area contributed by atoms with E-state index in [0.29, 0.717) is 42.2 Å². The van der Waals surface area contributed by atoms with E-state index < -0.39 is 15.9 Å². The Balaban J connectivity index is 1.84. The van der Waals surface area contributed by atoms with Crippen LogP contribution in [0, 0.1) is 0 Å². The first-order chi connectivity index (χ1) is 16.3. The van der Waals surface area contributed by atoms with Crippen molar-refractivity contribution in [2.75, 3.05) is 18.4 Å². The number of sulfonamides is 1. The molecule has 1 N–H and O–H groups in total. The second-order valence-electron chi connectivity index (χ2n) is 7.77. The molecule has 6 nitrogen and oxygen atoms in total. The van der Waals surface area contributed by atoms with Gasteiger partial charge in [-0.05, 0) is 55.3 Å². The number of rotatable bonds is 10. The van der Waals surface area contributed by atoms with Crippen LogP contribution in [0.1, 0.15) is 53.0 Å². The van der Waals surface area contributed by atoms with E-state index in [-0.39, 0.29) is 21.8 Å². The molecule has 0 aliphatic carbocycles. The van der Waals surface area contributed by atoms with Gasteiger partial charge in [0, 0.05) is 34.8 Å². The van der Waals surface area contributed by atoms with Crippen LogP contribution in [-0.4, -0.2) is 37.5 Å². The standard InChI is InChI=1S/C26H27ClN2O4S/c1-3-16-29(17-4-2)34(32,33)22-13-10-20(11-14-22)26(31)28-24-15-12-21(27)18-23(24)25(30)19-8-6-5-7-9-19/h5-15,18H,3-4,16-17H2,1-2H3,(H,28,31). The maximum absolute atomic E-state index is 13.0. The van der Waals surface area contributed by atoms with E-state index in [1.54, 1.807) is 36.4 Å². The molecule has 0 heterocycles. The molecular formula is C26H27ClN2O4S. The summed E-state index contributed by atoms with van der Waals surface area (Å²) in [6.07, 6.45) is 1.43. The number of amides is 1. The molecule has 1 amide bonds. The fraction of sp³-hybridized carbons (Fsp3) is 0.231. The van der Waals surface area contributed by atoms with Crippen molar-refractivity contribution in [2.45, 2.75) is 31.6 Å². The number of benzene rings is 3. The highest BCUT2D eigenvalue weighted by atomic mass is 35.5. The second-order valence-corrected chi connectivity index (χ2v) is 10.1. The maximum atomic E-state index is 13.0. The van der Waals surface area contributed by atoms with Crippen molar-refractivity contribution in [3.63, 3.8) is 0 Å². The van der Waals surface area contributed by atoms with Crippen molar-refractivity contribution in [1.29, 1.82) is 0 Å². The predicted molar refractivity (Wildman–Crippen MR) is 135 cm³/mol. The van der Waals surface area contributed by atoms with Crippen LogP contribution in [0.15, 0.2) is 77.7 Å². The highest BCUT2D eigenvalue weighted by Gasteiger charge is 2.23. The summed E-state index contributed by atoms with van der Waals surface area (Å²) in [6.45, 7) is 4.73. The molecule has 0 saturated heterocycles. The molecule has 3 rings (SSSR count). The van der Waals surface area contributed by atoms with Gasteiger partial charge in [-0.25, -0.2) is 8.42 Å². The van der Waals surface area contributed by atoms with Gasteiger partial charge in [-0.1, -0.05) is 55.8 Å². The van der Waals surface area contributed by atoms with Gasteiger partial charge in [0.1, 0.15) is 0 Å². The van der Waals surface area contributed by atoms with Gasteiger partial charge >= 0.3 is 0 Å². The van der Waals surface area contributed by atoms with E-state index >= 15 is 0 Å². The summed E-state index contributed by atoms with van der Waals surface area (Å²) in [5, 5.41) is 3.12. The van der Waals surface area contributed by atoms with Gasteiger partial charge in [0.15, 0.2) is 5.78 Å². The number of nitrogens with one attached hydrogen (secondary N) is 1. The summed E-state index contributed by atoms with van der Waals surface area (Å²) in [6, 6.07) is 19.2. The molecule has 3 aromatic rings. The SMILES string of the molecule is CCCN(CCC)S(=O)(=O)c1ccc(C(=O)Nc2ccc(Cl)cc2C(=O)c2ccccc2)cc1. The Morgan fingerprint density at radius 1 is 0.853 bits per heavy atom. The van der Waals surface area contributed by atoms with Crippen LogP contribution in [0.2, 0.25) is 5.02 Å². The summed E-state index contributed by atoms with van der Waals surface area (Å²) in [4.78, 5) is 26.0. The third-order valence-electron chi connectivity index (χ3n) is 5.21. The number of hydrogen-bond acceptors (Lipinski definition) is 4. The average Bonchev–Trinajstić information content (AvgIpc) is 2.85. The largest absolute Gasteiger partial charge is 0.321 e. The monoisotopic (exact) mass is 498 g/mol. The Morgan fingerprint density at radius 3 is 2.06 bits per heavy atom. The Bertz CT molecular complexity index is 1250. The normalized spacial score (nSPS) is 11.4. The van der Waals surface area contributed by atoms with Gasteiger partial charge in [-0.3, -0.25) is 9.59 Å². The fourth-order valence-corrected chi connectivity index (χ4v) is 5.33. The van der Waals surface area contributed by atoms with Crippen LogP contribution in [0.4, 0.5) is 5.69 Å². The lowest BCUT2D eigenvalue weighted by molar-refractivity contribution is 0.102. The van der Waals surface area contributed by atoms with Crippen molar-refractivity contribution in [2.24, 2.45) is 0 Å². The highest BCUT2D eigenvalue weighted by molar-refractivity contribution is 7.89. The van der Waals surface area contributed by atoms with Crippen LogP contribution in [0.5, 0.6) is 0 Å². The molecule has 0 aliphatic heterocycles. The lowest BCUT2D eigenvalue weighted by Crippen LogP contribution is -2.32. The topological polar surface area (TPSA) is 83.6 Å². The molecule has 0 saturated carbocycles. The van der Waals surface area contributed by atoms with Crippen molar-refractivity contribution >= 4 is 39.0 Å². The minimum Gasteiger partial charge on any atom is -0.321 e. The number of carbonyl (C=O) groups is 2. The van der Waals surface area contributed by atoms with Crippen molar-refractivity contribution in [1.82, 2.24) is 4.31 Å². The Morgan fingerprint density at radius 2 is 1.47 bits per heavy atom. The van der Waals surface area contributed by atoms with Crippen LogP contribution in [0.3, 0.4) is 0 Å². The van der Waals surface area contributed by atoms with E-state index in [1.807, 2.05) is 19.9 Å². The van der Waals surface area contributed by atoms with Crippen LogP contribution in [-0.2, 0) is 10.0 Å². The van der Waals surface area contributed by atoms with E-state index in [9.17, 15) is 18.0 Å². The zero-order valence-corrected chi connectivity index (χ0v) is 20.7. The number of nitrogens with zero attached hydrogens (tertiary/aromatic N) is 1. The molecule has 34 heavy (non-hydrogen) atoms. The molecular weight excluding hydrogens is 472 g/mol. The third-order valence-corrected chi connectivity index (χ3v) is 7.36. The van der Waals surface area contributed by atoms with Gasteiger partial charge in [0.2, 0.25) is 10.0 Å². The molecule has 0 aliphatic rings. The first-order valence-corrected chi connectivity index (χ1v) is 12.9. The predicted octanol–water partition coefficient (Wildman–Crippen LogP) is 5.63. The number of anilines is 1. The van der Waals surface area contributed by atoms with Crippen molar-refractivity contribution in [3.8, 4) is 0 Å². The van der Waals surface area contributed by atoms with E-state index in [0.717, 1.165) is 0 Å². The van der Waals surface area contributed by atoms with Gasteiger partial charge in [-0.15, -0.1) is 0 Å². The molecule has 0 bridgehead atoms. The molecule has 0 spiro atoms. The van der Waals surface area contributed by atoms with Crippen LogP contribution >= 0.6 is 11.6 Å². The minimum absolute atomic E-state index is 0.136. The number of halogens is 1. The summed E-state index contributed by atoms with van der Waals surface area (Å²) >= 11 is 6.11. The average molecular weight is 499 g/mol. The molecule has 3 aromatic carbocycles. The van der Waals surface area contributed by atoms with E-state index in [4.69, 9.17) is 11.6 Å². The number of hydrogen-bond donors (Lipinski definition) is 1. The Labute approximate surface area is 205 Å². The zero-order valence-electron chi connectivity index (χ0n) is 19.1. The Kier molecular flexibility index (Phi) is 8.61. The van der Waals surface area contributed by atoms with E-state index in [2.05, 4.69) is 5.32 Å². The summed E-state index contributed by atoms with van der Waals surface area (Å²) in [5.41, 5.74) is 1.32. The lowest BCUT2D eigenvalue weighted by atomic mass is 10.0. The quantitative estimate of drug-likeness (QED) is 0.367. The lowest BCUT2D eigenvalue weighted by Gasteiger charge is -2.21. The molecule has 0 radical (unpaired) electrons. The van der Waals surface area contributed by atoms with Crippen LogP contribution < -0.4 is 5.32 Å². The number of carbonyl (C=O) groups excluding carboxylic acids is 2. The first kappa shape index (κ1) is 25.6. The maximum Gasteiger partial charge on any atom is 0.255 e. The summed E-state index contributed by atoms with van der Waals surface area (Å²) < 4.78 is 27.3. The van der Waals surface area contributed by atoms with Crippen molar-refractivity contribution in [3.05, 3.63) is 94.5 Å². The highest BCUT2D eigenvalue weighted by Crippen LogP contribution is 2.25. The smallest absolute Gasteiger partial charge is 0.255 e. The Hall–Kier alpha value is -3.00. The third kappa shape index (κ3) is 5.91. The first-order valence-electron chi connectivity index (χ1n) is 11.1. The minimum atomic E-state index is -3.64. The van der Waals surface area contributed by atoms with Crippen molar-refractivity contribution < 1.29 is 18.0 Å².